The maximum atomic E-state index is 4.69. The van der Waals surface area contributed by atoms with Gasteiger partial charge in [0.25, 0.3) is 0 Å². The van der Waals surface area contributed by atoms with Crippen molar-refractivity contribution >= 4 is 0 Å². The van der Waals surface area contributed by atoms with E-state index in [1.54, 1.807) is 0 Å². The third kappa shape index (κ3) is 5.94. The van der Waals surface area contributed by atoms with Crippen molar-refractivity contribution in [1.82, 2.24) is 4.98 Å². The molecule has 0 fully saturated rings. The highest BCUT2D eigenvalue weighted by Crippen LogP contribution is 2.30. The van der Waals surface area contributed by atoms with Gasteiger partial charge in [0.1, 0.15) is 0 Å². The Kier molecular flexibility index (Phi) is 7.45. The van der Waals surface area contributed by atoms with Crippen LogP contribution in [0.1, 0.15) is 30.4 Å². The summed E-state index contributed by atoms with van der Waals surface area (Å²) >= 11 is 0. The molecule has 0 radical (unpaired) electrons. The Hall–Kier alpha value is -3.97. The number of benzene rings is 4. The maximum absolute atomic E-state index is 4.69. The highest BCUT2D eigenvalue weighted by Gasteiger charge is 2.08. The summed E-state index contributed by atoms with van der Waals surface area (Å²) in [6, 6.07) is 43.2. The number of aromatic nitrogens is 1. The number of rotatable bonds is 9. The average Bonchev–Trinajstić information content (AvgIpc) is 2.94. The second-order valence-electron chi connectivity index (χ2n) is 9.08. The molecule has 0 amide bonds. The largest absolute Gasteiger partial charge is 0.256 e. The van der Waals surface area contributed by atoms with Gasteiger partial charge >= 0.3 is 0 Å². The van der Waals surface area contributed by atoms with Gasteiger partial charge in [-0.05, 0) is 77.3 Å². The van der Waals surface area contributed by atoms with Crippen LogP contribution in [0.25, 0.3) is 33.5 Å². The van der Waals surface area contributed by atoms with E-state index >= 15 is 0 Å². The first-order valence-electron chi connectivity index (χ1n) is 12.6. The number of aryl methyl sites for hydroxylation is 2. The Morgan fingerprint density at radius 3 is 2.00 bits per heavy atom. The molecule has 0 saturated carbocycles. The molecule has 0 bridgehead atoms. The van der Waals surface area contributed by atoms with Crippen molar-refractivity contribution < 1.29 is 0 Å². The van der Waals surface area contributed by atoms with Crippen molar-refractivity contribution in [2.24, 2.45) is 0 Å². The van der Waals surface area contributed by atoms with Crippen LogP contribution in [0.2, 0.25) is 0 Å². The highest BCUT2D eigenvalue weighted by molar-refractivity contribution is 5.76. The molecule has 1 nitrogen and oxygen atoms in total. The lowest BCUT2D eigenvalue weighted by atomic mass is 9.94. The van der Waals surface area contributed by atoms with Gasteiger partial charge in [0, 0.05) is 11.8 Å². The van der Waals surface area contributed by atoms with Crippen molar-refractivity contribution in [1.29, 1.82) is 0 Å². The molecule has 0 aliphatic rings. The van der Waals surface area contributed by atoms with Crippen molar-refractivity contribution in [3.8, 4) is 33.5 Å². The maximum Gasteiger partial charge on any atom is 0.0708 e. The fraction of sp³-hybridized carbons (Fsp3) is 0.147. The molecule has 1 heterocycles. The van der Waals surface area contributed by atoms with Crippen LogP contribution in [0.4, 0.5) is 0 Å². The van der Waals surface area contributed by atoms with Gasteiger partial charge < -0.3 is 0 Å². The molecule has 0 aliphatic heterocycles. The molecule has 5 rings (SSSR count). The molecule has 0 saturated heterocycles. The number of nitrogens with zero attached hydrogens (tertiary/aromatic N) is 1. The number of hydrogen-bond acceptors (Lipinski definition) is 1. The molecule has 0 unspecified atom stereocenters. The fourth-order valence-electron chi connectivity index (χ4n) is 4.73. The van der Waals surface area contributed by atoms with E-state index in [2.05, 4.69) is 126 Å². The highest BCUT2D eigenvalue weighted by atomic mass is 14.7. The first-order chi connectivity index (χ1) is 17.4. The summed E-state index contributed by atoms with van der Waals surface area (Å²) in [5, 5.41) is 0. The quantitative estimate of drug-likeness (QED) is 0.203. The van der Waals surface area contributed by atoms with E-state index < -0.39 is 0 Å². The topological polar surface area (TPSA) is 12.9 Å². The molecule has 0 aliphatic carbocycles. The van der Waals surface area contributed by atoms with Crippen LogP contribution in [0.3, 0.4) is 0 Å². The first kappa shape index (κ1) is 22.8. The third-order valence-electron chi connectivity index (χ3n) is 6.61. The van der Waals surface area contributed by atoms with Crippen molar-refractivity contribution in [2.75, 3.05) is 0 Å². The normalized spacial score (nSPS) is 10.9. The fourth-order valence-corrected chi connectivity index (χ4v) is 4.73. The second-order valence-corrected chi connectivity index (χ2v) is 9.08. The molecule has 172 valence electrons. The zero-order valence-electron chi connectivity index (χ0n) is 20.1. The summed E-state index contributed by atoms with van der Waals surface area (Å²) in [5.74, 6) is 0. The summed E-state index contributed by atoms with van der Waals surface area (Å²) in [7, 11) is 0. The van der Waals surface area contributed by atoms with Gasteiger partial charge in [-0.25, -0.2) is 0 Å². The minimum absolute atomic E-state index is 1.01. The number of pyridine rings is 1. The van der Waals surface area contributed by atoms with Crippen LogP contribution in [0, 0.1) is 0 Å². The minimum atomic E-state index is 1.01. The molecule has 1 aromatic heterocycles. The minimum Gasteiger partial charge on any atom is -0.256 e. The predicted octanol–water partition coefficient (Wildman–Crippen LogP) is 9.04. The Morgan fingerprint density at radius 1 is 0.457 bits per heavy atom. The predicted molar refractivity (Wildman–Crippen MR) is 148 cm³/mol. The van der Waals surface area contributed by atoms with Gasteiger partial charge in [-0.3, -0.25) is 4.98 Å². The van der Waals surface area contributed by atoms with E-state index in [0.29, 0.717) is 0 Å². The van der Waals surface area contributed by atoms with E-state index in [1.807, 2.05) is 6.20 Å². The van der Waals surface area contributed by atoms with Crippen LogP contribution in [0.15, 0.2) is 128 Å². The smallest absolute Gasteiger partial charge is 0.0708 e. The SMILES string of the molecule is c1ccc(CCCCCc2ccccc2-c2cccc(-c3cc(-c4ccccc4)ccn3)c2)cc1. The molecule has 0 N–H and O–H groups in total. The molecule has 1 heteroatoms. The molecular formula is C34H31N. The van der Waals surface area contributed by atoms with Crippen LogP contribution in [0.5, 0.6) is 0 Å². The van der Waals surface area contributed by atoms with Gasteiger partial charge in [0.15, 0.2) is 0 Å². The molecule has 5 aromatic rings. The number of unbranched alkanes of at least 4 members (excludes halogenated alkanes) is 2. The molecule has 0 atom stereocenters. The lowest BCUT2D eigenvalue weighted by Gasteiger charge is -2.12. The molecule has 0 spiro atoms. The van der Waals surface area contributed by atoms with Crippen molar-refractivity contribution in [2.45, 2.75) is 32.1 Å². The summed E-state index contributed by atoms with van der Waals surface area (Å²) in [4.78, 5) is 4.69. The van der Waals surface area contributed by atoms with Gasteiger partial charge in [0.2, 0.25) is 0 Å². The summed E-state index contributed by atoms with van der Waals surface area (Å²) < 4.78 is 0. The zero-order chi connectivity index (χ0) is 23.7. The Balaban J connectivity index is 1.30. The Labute approximate surface area is 209 Å². The molecule has 4 aromatic carbocycles. The van der Waals surface area contributed by atoms with Crippen molar-refractivity contribution in [3.05, 3.63) is 139 Å². The van der Waals surface area contributed by atoms with Gasteiger partial charge in [-0.15, -0.1) is 0 Å². The lowest BCUT2D eigenvalue weighted by molar-refractivity contribution is 0.679. The lowest BCUT2D eigenvalue weighted by Crippen LogP contribution is -1.93. The van der Waals surface area contributed by atoms with Gasteiger partial charge in [0.05, 0.1) is 5.69 Å². The summed E-state index contributed by atoms with van der Waals surface area (Å²) in [6.07, 6.45) is 7.89. The van der Waals surface area contributed by atoms with Gasteiger partial charge in [-0.1, -0.05) is 110 Å². The van der Waals surface area contributed by atoms with Crippen LogP contribution in [-0.4, -0.2) is 4.98 Å². The standard InChI is InChI=1S/C34H31N/c1-4-13-27(14-5-1)15-6-2-9-18-29-19-10-11-22-33(29)31-20-12-21-32(25-31)34-26-30(23-24-35-34)28-16-7-3-8-17-28/h1,3-5,7-8,10-14,16-17,19-26H,2,6,9,15,18H2. The second kappa shape index (κ2) is 11.4. The van der Waals surface area contributed by atoms with E-state index in [-0.39, 0.29) is 0 Å². The van der Waals surface area contributed by atoms with Crippen molar-refractivity contribution in [3.63, 3.8) is 0 Å². The Morgan fingerprint density at radius 2 is 1.14 bits per heavy atom. The van der Waals surface area contributed by atoms with Crippen LogP contribution < -0.4 is 0 Å². The number of hydrogen-bond donors (Lipinski definition) is 0. The van der Waals surface area contributed by atoms with E-state index in [1.165, 1.54) is 59.1 Å². The zero-order valence-corrected chi connectivity index (χ0v) is 20.1. The summed E-state index contributed by atoms with van der Waals surface area (Å²) in [5.41, 5.74) is 10.0. The molecular weight excluding hydrogens is 422 g/mol. The van der Waals surface area contributed by atoms with Gasteiger partial charge in [-0.2, -0.15) is 0 Å². The monoisotopic (exact) mass is 453 g/mol. The van der Waals surface area contributed by atoms with E-state index in [9.17, 15) is 0 Å². The molecule has 35 heavy (non-hydrogen) atoms. The van der Waals surface area contributed by atoms with Crippen LogP contribution >= 0.6 is 0 Å². The first-order valence-corrected chi connectivity index (χ1v) is 12.6. The summed E-state index contributed by atoms with van der Waals surface area (Å²) in [6.45, 7) is 0. The average molecular weight is 454 g/mol. The third-order valence-corrected chi connectivity index (χ3v) is 6.61. The Bertz CT molecular complexity index is 1360. The van der Waals surface area contributed by atoms with E-state index in [4.69, 9.17) is 0 Å². The van der Waals surface area contributed by atoms with E-state index in [0.717, 1.165) is 17.7 Å². The van der Waals surface area contributed by atoms with Crippen LogP contribution in [-0.2, 0) is 12.8 Å².